The van der Waals surface area contributed by atoms with Gasteiger partial charge in [-0.05, 0) is 38.8 Å². The molecule has 18 heavy (non-hydrogen) atoms. The minimum atomic E-state index is 0.210. The van der Waals surface area contributed by atoms with Gasteiger partial charge in [-0.3, -0.25) is 9.69 Å². The molecule has 1 saturated heterocycles. The number of hydrogen-bond donors (Lipinski definition) is 2. The van der Waals surface area contributed by atoms with Crippen LogP contribution < -0.4 is 10.6 Å². The molecule has 1 aliphatic carbocycles. The van der Waals surface area contributed by atoms with Crippen molar-refractivity contribution in [3.63, 3.8) is 0 Å². The second kappa shape index (κ2) is 7.10. The lowest BCUT2D eigenvalue weighted by Gasteiger charge is -2.24. The van der Waals surface area contributed by atoms with Crippen LogP contribution in [0.25, 0.3) is 0 Å². The standard InChI is InChI=1S/C14H27N3O/c1-2-17(10-13-8-5-9-15-13)11-14(18)16-12-6-3-4-7-12/h12-13,15H,2-11H2,1H3,(H,16,18). The number of nitrogens with zero attached hydrogens (tertiary/aromatic N) is 1. The number of hydrogen-bond acceptors (Lipinski definition) is 3. The maximum atomic E-state index is 12.0. The van der Waals surface area contributed by atoms with E-state index in [0.717, 1.165) is 19.6 Å². The van der Waals surface area contributed by atoms with Gasteiger partial charge >= 0.3 is 0 Å². The first-order chi connectivity index (χ1) is 8.78. The molecule has 1 atom stereocenters. The molecule has 0 aromatic rings. The Hall–Kier alpha value is -0.610. The van der Waals surface area contributed by atoms with Crippen LogP contribution >= 0.6 is 0 Å². The lowest BCUT2D eigenvalue weighted by molar-refractivity contribution is -0.122. The van der Waals surface area contributed by atoms with Crippen LogP contribution in [0.15, 0.2) is 0 Å². The predicted molar refractivity (Wildman–Crippen MR) is 73.5 cm³/mol. The molecule has 1 unspecified atom stereocenters. The molecule has 0 aromatic carbocycles. The van der Waals surface area contributed by atoms with E-state index >= 15 is 0 Å². The Kier molecular flexibility index (Phi) is 5.45. The first kappa shape index (κ1) is 13.8. The van der Waals surface area contributed by atoms with Crippen molar-refractivity contribution in [2.24, 2.45) is 0 Å². The van der Waals surface area contributed by atoms with Crippen molar-refractivity contribution in [1.29, 1.82) is 0 Å². The Bertz CT molecular complexity index is 258. The van der Waals surface area contributed by atoms with Gasteiger partial charge in [-0.2, -0.15) is 0 Å². The summed E-state index contributed by atoms with van der Waals surface area (Å²) in [7, 11) is 0. The van der Waals surface area contributed by atoms with Gasteiger partial charge in [0.05, 0.1) is 6.54 Å². The van der Waals surface area contributed by atoms with E-state index in [4.69, 9.17) is 0 Å². The van der Waals surface area contributed by atoms with Gasteiger partial charge < -0.3 is 10.6 Å². The van der Waals surface area contributed by atoms with E-state index in [9.17, 15) is 4.79 Å². The zero-order chi connectivity index (χ0) is 12.8. The van der Waals surface area contributed by atoms with Crippen molar-refractivity contribution >= 4 is 5.91 Å². The number of carbonyl (C=O) groups excluding carboxylic acids is 1. The summed E-state index contributed by atoms with van der Waals surface area (Å²) >= 11 is 0. The van der Waals surface area contributed by atoms with Crippen molar-refractivity contribution in [2.75, 3.05) is 26.2 Å². The fourth-order valence-corrected chi connectivity index (χ4v) is 3.08. The summed E-state index contributed by atoms with van der Waals surface area (Å²) in [6.07, 6.45) is 7.41. The van der Waals surface area contributed by atoms with E-state index in [1.807, 2.05) is 0 Å². The molecule has 2 aliphatic rings. The van der Waals surface area contributed by atoms with Gasteiger partial charge in [0.1, 0.15) is 0 Å². The summed E-state index contributed by atoms with van der Waals surface area (Å²) in [6.45, 7) is 5.80. The third-order valence-electron chi connectivity index (χ3n) is 4.18. The van der Waals surface area contributed by atoms with Crippen LogP contribution in [-0.4, -0.2) is 49.1 Å². The van der Waals surface area contributed by atoms with Gasteiger partial charge in [0, 0.05) is 18.6 Å². The number of carbonyl (C=O) groups is 1. The summed E-state index contributed by atoms with van der Waals surface area (Å²) in [5.41, 5.74) is 0. The fourth-order valence-electron chi connectivity index (χ4n) is 3.08. The second-order valence-electron chi connectivity index (χ2n) is 5.67. The lowest BCUT2D eigenvalue weighted by atomic mass is 10.2. The molecule has 0 spiro atoms. The highest BCUT2D eigenvalue weighted by molar-refractivity contribution is 5.78. The highest BCUT2D eigenvalue weighted by Crippen LogP contribution is 2.17. The highest BCUT2D eigenvalue weighted by Gasteiger charge is 2.21. The van der Waals surface area contributed by atoms with Crippen molar-refractivity contribution in [3.05, 3.63) is 0 Å². The van der Waals surface area contributed by atoms with Crippen molar-refractivity contribution in [1.82, 2.24) is 15.5 Å². The smallest absolute Gasteiger partial charge is 0.234 e. The molecule has 4 nitrogen and oxygen atoms in total. The van der Waals surface area contributed by atoms with Crippen molar-refractivity contribution in [3.8, 4) is 0 Å². The van der Waals surface area contributed by atoms with Crippen molar-refractivity contribution in [2.45, 2.75) is 57.5 Å². The van der Waals surface area contributed by atoms with Gasteiger partial charge in [0.2, 0.25) is 5.91 Å². The molecule has 1 heterocycles. The summed E-state index contributed by atoms with van der Waals surface area (Å²) < 4.78 is 0. The molecule has 1 aliphatic heterocycles. The molecule has 104 valence electrons. The number of nitrogens with one attached hydrogen (secondary N) is 2. The SMILES string of the molecule is CCN(CC(=O)NC1CCCC1)CC1CCCN1. The maximum Gasteiger partial charge on any atom is 0.234 e. The average Bonchev–Trinajstić information content (AvgIpc) is 3.01. The molecule has 0 radical (unpaired) electrons. The largest absolute Gasteiger partial charge is 0.352 e. The second-order valence-corrected chi connectivity index (χ2v) is 5.67. The van der Waals surface area contributed by atoms with Gasteiger partial charge in [-0.1, -0.05) is 19.8 Å². The molecule has 0 aromatic heterocycles. The van der Waals surface area contributed by atoms with Crippen LogP contribution in [0, 0.1) is 0 Å². The van der Waals surface area contributed by atoms with Gasteiger partial charge in [-0.15, -0.1) is 0 Å². The van der Waals surface area contributed by atoms with E-state index in [2.05, 4.69) is 22.5 Å². The molecular weight excluding hydrogens is 226 g/mol. The minimum Gasteiger partial charge on any atom is -0.352 e. The Morgan fingerprint density at radius 2 is 2.06 bits per heavy atom. The molecule has 2 N–H and O–H groups in total. The predicted octanol–water partition coefficient (Wildman–Crippen LogP) is 1.12. The molecule has 4 heteroatoms. The molecule has 2 fully saturated rings. The minimum absolute atomic E-state index is 0.210. The summed E-state index contributed by atoms with van der Waals surface area (Å²) in [5, 5.41) is 6.66. The van der Waals surface area contributed by atoms with E-state index < -0.39 is 0 Å². The molecule has 1 saturated carbocycles. The number of rotatable bonds is 6. The van der Waals surface area contributed by atoms with Gasteiger partial charge in [0.25, 0.3) is 0 Å². The maximum absolute atomic E-state index is 12.0. The first-order valence-corrected chi connectivity index (χ1v) is 7.53. The topological polar surface area (TPSA) is 44.4 Å². The van der Waals surface area contributed by atoms with E-state index in [-0.39, 0.29) is 5.91 Å². The van der Waals surface area contributed by atoms with Crippen LogP contribution in [0.5, 0.6) is 0 Å². The van der Waals surface area contributed by atoms with Gasteiger partial charge in [-0.25, -0.2) is 0 Å². The van der Waals surface area contributed by atoms with Crippen LogP contribution in [0.2, 0.25) is 0 Å². The Labute approximate surface area is 110 Å². The molecule has 1 amide bonds. The number of likely N-dealkylation sites (N-methyl/N-ethyl adjacent to an activating group) is 1. The lowest BCUT2D eigenvalue weighted by Crippen LogP contribution is -2.45. The molecular formula is C14H27N3O. The zero-order valence-corrected chi connectivity index (χ0v) is 11.6. The third-order valence-corrected chi connectivity index (χ3v) is 4.18. The van der Waals surface area contributed by atoms with E-state index in [1.165, 1.54) is 38.5 Å². The summed E-state index contributed by atoms with van der Waals surface area (Å²) in [4.78, 5) is 14.2. The monoisotopic (exact) mass is 253 g/mol. The third kappa shape index (κ3) is 4.25. The van der Waals surface area contributed by atoms with Crippen LogP contribution in [0.1, 0.15) is 45.4 Å². The average molecular weight is 253 g/mol. The van der Waals surface area contributed by atoms with E-state index in [0.29, 0.717) is 18.6 Å². The van der Waals surface area contributed by atoms with Crippen molar-refractivity contribution < 1.29 is 4.79 Å². The Morgan fingerprint density at radius 1 is 1.28 bits per heavy atom. The Balaban J connectivity index is 1.69. The quantitative estimate of drug-likeness (QED) is 0.745. The van der Waals surface area contributed by atoms with Crippen LogP contribution in [0.3, 0.4) is 0 Å². The normalized spacial score (nSPS) is 24.9. The Morgan fingerprint density at radius 3 is 2.67 bits per heavy atom. The summed E-state index contributed by atoms with van der Waals surface area (Å²) in [6, 6.07) is 1.03. The van der Waals surface area contributed by atoms with Crippen LogP contribution in [0.4, 0.5) is 0 Å². The first-order valence-electron chi connectivity index (χ1n) is 7.53. The zero-order valence-electron chi connectivity index (χ0n) is 11.6. The van der Waals surface area contributed by atoms with Crippen LogP contribution in [-0.2, 0) is 4.79 Å². The van der Waals surface area contributed by atoms with E-state index in [1.54, 1.807) is 0 Å². The summed E-state index contributed by atoms with van der Waals surface area (Å²) in [5.74, 6) is 0.210. The highest BCUT2D eigenvalue weighted by atomic mass is 16.2. The van der Waals surface area contributed by atoms with Gasteiger partial charge in [0.15, 0.2) is 0 Å². The molecule has 2 rings (SSSR count). The molecule has 0 bridgehead atoms. The fraction of sp³-hybridized carbons (Fsp3) is 0.929. The number of amides is 1.